The first kappa shape index (κ1) is 11.1. The Bertz CT molecular complexity index is 323. The average Bonchev–Trinajstić information content (AvgIpc) is 2.18. The first-order valence-corrected chi connectivity index (χ1v) is 4.86. The van der Waals surface area contributed by atoms with Crippen molar-refractivity contribution in [3.05, 3.63) is 40.9 Å². The largest absolute Gasteiger partial charge is 0.490 e. The van der Waals surface area contributed by atoms with E-state index in [1.54, 1.807) is 0 Å². The molecule has 0 unspecified atom stereocenters. The summed E-state index contributed by atoms with van der Waals surface area (Å²) in [6.07, 6.45) is 3.76. The summed E-state index contributed by atoms with van der Waals surface area (Å²) in [6.45, 7) is 3.03. The molecule has 0 saturated carbocycles. The van der Waals surface area contributed by atoms with Gasteiger partial charge in [-0.25, -0.2) is 0 Å². The molecule has 0 heterocycles. The maximum atomic E-state index is 5.88. The molecule has 0 fully saturated rings. The van der Waals surface area contributed by atoms with Gasteiger partial charge in [-0.15, -0.1) is 0 Å². The van der Waals surface area contributed by atoms with Crippen LogP contribution >= 0.6 is 11.6 Å². The number of benzene rings is 1. The fourth-order valence-corrected chi connectivity index (χ4v) is 1.13. The van der Waals surface area contributed by atoms with Crippen molar-refractivity contribution in [3.8, 4) is 5.75 Å². The zero-order valence-electron chi connectivity index (χ0n) is 8.16. The summed E-state index contributed by atoms with van der Waals surface area (Å²) in [6, 6.07) is 5.60. The van der Waals surface area contributed by atoms with Crippen LogP contribution in [-0.2, 0) is 0 Å². The van der Waals surface area contributed by atoms with Gasteiger partial charge >= 0.3 is 0 Å². The van der Waals surface area contributed by atoms with Crippen molar-refractivity contribution in [1.82, 2.24) is 0 Å². The summed E-state index contributed by atoms with van der Waals surface area (Å²) in [7, 11) is 0. The lowest BCUT2D eigenvalue weighted by molar-refractivity contribution is 0.362. The second-order valence-corrected chi connectivity index (χ2v) is 3.34. The van der Waals surface area contributed by atoms with Gasteiger partial charge in [0.25, 0.3) is 0 Å². The maximum Gasteiger partial charge on any atom is 0.120 e. The first-order valence-electron chi connectivity index (χ1n) is 4.48. The Balaban J connectivity index is 2.51. The van der Waals surface area contributed by atoms with Crippen LogP contribution < -0.4 is 10.5 Å². The summed E-state index contributed by atoms with van der Waals surface area (Å²) in [5, 5.41) is 0.759. The Hall–Kier alpha value is -0.990. The van der Waals surface area contributed by atoms with E-state index in [9.17, 15) is 0 Å². The molecule has 0 bridgehead atoms. The van der Waals surface area contributed by atoms with Crippen molar-refractivity contribution in [3.63, 3.8) is 0 Å². The van der Waals surface area contributed by atoms with Gasteiger partial charge in [0.15, 0.2) is 0 Å². The van der Waals surface area contributed by atoms with Crippen molar-refractivity contribution < 1.29 is 4.74 Å². The van der Waals surface area contributed by atoms with Gasteiger partial charge in [-0.2, -0.15) is 0 Å². The molecule has 1 aromatic rings. The van der Waals surface area contributed by atoms with Crippen molar-refractivity contribution in [2.75, 3.05) is 13.2 Å². The van der Waals surface area contributed by atoms with Crippen molar-refractivity contribution in [2.45, 2.75) is 6.92 Å². The molecule has 0 aromatic heterocycles. The number of halogens is 1. The standard InChI is InChI=1S/C11H14ClNO/c1-9-8-10(4-5-11(9)12)14-7-3-2-6-13/h2-5,8H,6-7,13H2,1H3. The molecule has 0 atom stereocenters. The Morgan fingerprint density at radius 1 is 1.43 bits per heavy atom. The molecule has 76 valence electrons. The van der Waals surface area contributed by atoms with Crippen LogP contribution in [0.1, 0.15) is 5.56 Å². The predicted molar refractivity (Wildman–Crippen MR) is 59.9 cm³/mol. The van der Waals surface area contributed by atoms with E-state index in [1.807, 2.05) is 37.3 Å². The molecule has 14 heavy (non-hydrogen) atoms. The average molecular weight is 212 g/mol. The Morgan fingerprint density at radius 3 is 2.86 bits per heavy atom. The molecule has 3 heteroatoms. The molecule has 0 saturated heterocycles. The molecule has 1 rings (SSSR count). The van der Waals surface area contributed by atoms with Gasteiger partial charge in [-0.3, -0.25) is 0 Å². The van der Waals surface area contributed by atoms with Crippen molar-refractivity contribution in [2.24, 2.45) is 5.73 Å². The van der Waals surface area contributed by atoms with Crippen LogP contribution in [0, 0.1) is 6.92 Å². The quantitative estimate of drug-likeness (QED) is 0.777. The third kappa shape index (κ3) is 3.40. The van der Waals surface area contributed by atoms with E-state index < -0.39 is 0 Å². The van der Waals surface area contributed by atoms with Gasteiger partial charge in [0.2, 0.25) is 0 Å². The summed E-state index contributed by atoms with van der Waals surface area (Å²) >= 11 is 5.88. The first-order chi connectivity index (χ1) is 6.74. The minimum absolute atomic E-state index is 0.540. The van der Waals surface area contributed by atoms with Crippen molar-refractivity contribution in [1.29, 1.82) is 0 Å². The molecule has 0 amide bonds. The zero-order valence-corrected chi connectivity index (χ0v) is 8.92. The summed E-state index contributed by atoms with van der Waals surface area (Å²) in [5.41, 5.74) is 6.31. The van der Waals surface area contributed by atoms with E-state index in [2.05, 4.69) is 0 Å². The molecule has 2 N–H and O–H groups in total. The zero-order chi connectivity index (χ0) is 10.4. The minimum atomic E-state index is 0.540. The normalized spacial score (nSPS) is 10.8. The lowest BCUT2D eigenvalue weighted by atomic mass is 10.2. The lowest BCUT2D eigenvalue weighted by Crippen LogP contribution is -1.97. The Labute approximate surface area is 89.3 Å². The van der Waals surface area contributed by atoms with Crippen LogP contribution in [0.3, 0.4) is 0 Å². The fourth-order valence-electron chi connectivity index (χ4n) is 1.02. The van der Waals surface area contributed by atoms with Gasteiger partial charge in [0.1, 0.15) is 12.4 Å². The smallest absolute Gasteiger partial charge is 0.120 e. The minimum Gasteiger partial charge on any atom is -0.490 e. The highest BCUT2D eigenvalue weighted by atomic mass is 35.5. The molecule has 2 nitrogen and oxygen atoms in total. The second kappa shape index (κ2) is 5.68. The third-order valence-corrected chi connectivity index (χ3v) is 2.20. The number of ether oxygens (including phenoxy) is 1. The molecule has 1 aromatic carbocycles. The van der Waals surface area contributed by atoms with Gasteiger partial charge in [-0.1, -0.05) is 23.8 Å². The predicted octanol–water partition coefficient (Wildman–Crippen LogP) is 2.54. The Morgan fingerprint density at radius 2 is 2.21 bits per heavy atom. The highest BCUT2D eigenvalue weighted by molar-refractivity contribution is 6.31. The van der Waals surface area contributed by atoms with Crippen LogP contribution in [0.15, 0.2) is 30.4 Å². The molecule has 0 radical (unpaired) electrons. The van der Waals surface area contributed by atoms with Crippen LogP contribution in [0.5, 0.6) is 5.75 Å². The number of hydrogen-bond donors (Lipinski definition) is 1. The molecular weight excluding hydrogens is 198 g/mol. The lowest BCUT2D eigenvalue weighted by Gasteiger charge is -2.04. The molecule has 0 spiro atoms. The summed E-state index contributed by atoms with van der Waals surface area (Å²) in [5.74, 6) is 0.827. The van der Waals surface area contributed by atoms with Gasteiger partial charge in [-0.05, 0) is 30.7 Å². The maximum absolute atomic E-state index is 5.88. The molecule has 0 aliphatic carbocycles. The van der Waals surface area contributed by atoms with Gasteiger partial charge in [0.05, 0.1) is 0 Å². The van der Waals surface area contributed by atoms with Gasteiger partial charge < -0.3 is 10.5 Å². The Kier molecular flexibility index (Phi) is 4.50. The van der Waals surface area contributed by atoms with E-state index in [4.69, 9.17) is 22.1 Å². The fraction of sp³-hybridized carbons (Fsp3) is 0.273. The number of aryl methyl sites for hydroxylation is 1. The van der Waals surface area contributed by atoms with E-state index in [1.165, 1.54) is 0 Å². The van der Waals surface area contributed by atoms with Crippen LogP contribution in [-0.4, -0.2) is 13.2 Å². The second-order valence-electron chi connectivity index (χ2n) is 2.93. The molecule has 0 aliphatic heterocycles. The molecule has 0 aliphatic rings. The summed E-state index contributed by atoms with van der Waals surface area (Å²) < 4.78 is 5.44. The number of hydrogen-bond acceptors (Lipinski definition) is 2. The van der Waals surface area contributed by atoms with Crippen LogP contribution in [0.25, 0.3) is 0 Å². The topological polar surface area (TPSA) is 35.2 Å². The number of nitrogens with two attached hydrogens (primary N) is 1. The van der Waals surface area contributed by atoms with Gasteiger partial charge in [0, 0.05) is 11.6 Å². The van der Waals surface area contributed by atoms with Crippen LogP contribution in [0.2, 0.25) is 5.02 Å². The summed E-state index contributed by atoms with van der Waals surface area (Å²) in [4.78, 5) is 0. The van der Waals surface area contributed by atoms with E-state index in [-0.39, 0.29) is 0 Å². The highest BCUT2D eigenvalue weighted by Gasteiger charge is 1.96. The van der Waals surface area contributed by atoms with Crippen molar-refractivity contribution >= 4 is 11.6 Å². The van der Waals surface area contributed by atoms with E-state index in [0.717, 1.165) is 16.3 Å². The van der Waals surface area contributed by atoms with E-state index >= 15 is 0 Å². The molecular formula is C11H14ClNO. The third-order valence-electron chi connectivity index (χ3n) is 1.78. The van der Waals surface area contributed by atoms with Crippen LogP contribution in [0.4, 0.5) is 0 Å². The van der Waals surface area contributed by atoms with E-state index in [0.29, 0.717) is 13.2 Å². The SMILES string of the molecule is Cc1cc(OCC=CCN)ccc1Cl. The number of rotatable bonds is 4. The monoisotopic (exact) mass is 211 g/mol. The highest BCUT2D eigenvalue weighted by Crippen LogP contribution is 2.20.